The molecule has 0 radical (unpaired) electrons. The first-order valence-corrected chi connectivity index (χ1v) is 7.21. The summed E-state index contributed by atoms with van der Waals surface area (Å²) in [5.41, 5.74) is 1.45. The van der Waals surface area contributed by atoms with Gasteiger partial charge in [0.25, 0.3) is 5.91 Å². The predicted molar refractivity (Wildman–Crippen MR) is 83.5 cm³/mol. The summed E-state index contributed by atoms with van der Waals surface area (Å²) in [5.74, 6) is 0.296. The van der Waals surface area contributed by atoms with E-state index in [2.05, 4.69) is 10.3 Å². The molecule has 0 fully saturated rings. The van der Waals surface area contributed by atoms with Gasteiger partial charge in [0.15, 0.2) is 6.10 Å². The normalized spacial score (nSPS) is 11.8. The van der Waals surface area contributed by atoms with Crippen LogP contribution in [0.1, 0.15) is 18.2 Å². The topological polar surface area (TPSA) is 71.5 Å². The molecule has 6 heteroatoms. The van der Waals surface area contributed by atoms with Crippen molar-refractivity contribution in [1.82, 2.24) is 10.3 Å². The summed E-state index contributed by atoms with van der Waals surface area (Å²) in [6.07, 6.45) is 0.879. The number of aliphatic hydroxyl groups is 1. The SMILES string of the molecule is CC(Oc1cccc(CO)c1)C(=O)NCc1ccc(Cl)cn1. The van der Waals surface area contributed by atoms with Crippen LogP contribution in [0.15, 0.2) is 42.6 Å². The lowest BCUT2D eigenvalue weighted by atomic mass is 10.2. The van der Waals surface area contributed by atoms with Gasteiger partial charge in [-0.2, -0.15) is 0 Å². The largest absolute Gasteiger partial charge is 0.481 e. The Morgan fingerprint density at radius 1 is 1.41 bits per heavy atom. The fraction of sp³-hybridized carbons (Fsp3) is 0.250. The average Bonchev–Trinajstić information content (AvgIpc) is 2.54. The molecule has 2 N–H and O–H groups in total. The maximum absolute atomic E-state index is 12.0. The molecule has 0 aliphatic carbocycles. The number of aliphatic hydroxyl groups excluding tert-OH is 1. The van der Waals surface area contributed by atoms with Crippen LogP contribution in [0, 0.1) is 0 Å². The molecule has 2 rings (SSSR count). The molecule has 0 aliphatic heterocycles. The van der Waals surface area contributed by atoms with Crippen molar-refractivity contribution in [2.45, 2.75) is 26.2 Å². The first-order chi connectivity index (χ1) is 10.6. The van der Waals surface area contributed by atoms with Gasteiger partial charge in [-0.15, -0.1) is 0 Å². The highest BCUT2D eigenvalue weighted by atomic mass is 35.5. The minimum atomic E-state index is -0.652. The van der Waals surface area contributed by atoms with Gasteiger partial charge in [0, 0.05) is 6.20 Å². The molecule has 22 heavy (non-hydrogen) atoms. The second-order valence-corrected chi connectivity index (χ2v) is 5.19. The molecule has 1 aromatic carbocycles. The number of pyridine rings is 1. The molecular weight excluding hydrogens is 304 g/mol. The van der Waals surface area contributed by atoms with Crippen molar-refractivity contribution in [3.05, 3.63) is 58.9 Å². The molecule has 0 aliphatic rings. The third kappa shape index (κ3) is 4.72. The number of benzene rings is 1. The molecule has 2 aromatic rings. The van der Waals surface area contributed by atoms with Gasteiger partial charge in [0.2, 0.25) is 0 Å². The van der Waals surface area contributed by atoms with Crippen molar-refractivity contribution >= 4 is 17.5 Å². The van der Waals surface area contributed by atoms with Crippen LogP contribution < -0.4 is 10.1 Å². The van der Waals surface area contributed by atoms with E-state index in [1.54, 1.807) is 43.3 Å². The highest BCUT2D eigenvalue weighted by Gasteiger charge is 2.14. The smallest absolute Gasteiger partial charge is 0.261 e. The van der Waals surface area contributed by atoms with E-state index in [-0.39, 0.29) is 12.5 Å². The summed E-state index contributed by atoms with van der Waals surface area (Å²) in [6.45, 7) is 1.90. The molecule has 0 bridgehead atoms. The number of carbonyl (C=O) groups is 1. The summed E-state index contributed by atoms with van der Waals surface area (Å²) >= 11 is 5.75. The third-order valence-electron chi connectivity index (χ3n) is 3.00. The van der Waals surface area contributed by atoms with E-state index < -0.39 is 6.10 Å². The molecule has 0 saturated carbocycles. The van der Waals surface area contributed by atoms with Crippen molar-refractivity contribution in [2.24, 2.45) is 0 Å². The Bertz CT molecular complexity index is 632. The van der Waals surface area contributed by atoms with Crippen LogP contribution in [-0.2, 0) is 17.9 Å². The Kier molecular flexibility index (Phi) is 5.75. The summed E-state index contributed by atoms with van der Waals surface area (Å²) in [7, 11) is 0. The highest BCUT2D eigenvalue weighted by Crippen LogP contribution is 2.15. The summed E-state index contributed by atoms with van der Waals surface area (Å²) in [4.78, 5) is 16.1. The number of aromatic nitrogens is 1. The van der Waals surface area contributed by atoms with Crippen LogP contribution in [0.5, 0.6) is 5.75 Å². The summed E-state index contributed by atoms with van der Waals surface area (Å²) in [5, 5.41) is 12.4. The fourth-order valence-electron chi connectivity index (χ4n) is 1.81. The Balaban J connectivity index is 1.87. The van der Waals surface area contributed by atoms with Gasteiger partial charge >= 0.3 is 0 Å². The van der Waals surface area contributed by atoms with Gasteiger partial charge in [-0.3, -0.25) is 9.78 Å². The first kappa shape index (κ1) is 16.3. The molecule has 116 valence electrons. The first-order valence-electron chi connectivity index (χ1n) is 6.83. The van der Waals surface area contributed by atoms with E-state index in [1.165, 1.54) is 6.20 Å². The van der Waals surface area contributed by atoms with Gasteiger partial charge in [0.05, 0.1) is 23.9 Å². The number of amides is 1. The molecule has 5 nitrogen and oxygen atoms in total. The van der Waals surface area contributed by atoms with Gasteiger partial charge in [0.1, 0.15) is 5.75 Å². The minimum absolute atomic E-state index is 0.0694. The number of nitrogens with one attached hydrogen (secondary N) is 1. The van der Waals surface area contributed by atoms with Gasteiger partial charge < -0.3 is 15.2 Å². The molecule has 1 amide bonds. The Morgan fingerprint density at radius 3 is 2.91 bits per heavy atom. The predicted octanol–water partition coefficient (Wildman–Crippen LogP) is 2.31. The van der Waals surface area contributed by atoms with Crippen LogP contribution in [0.3, 0.4) is 0 Å². The molecular formula is C16H17ClN2O3. The number of nitrogens with zero attached hydrogens (tertiary/aromatic N) is 1. The van der Waals surface area contributed by atoms with E-state index in [1.807, 2.05) is 0 Å². The quantitative estimate of drug-likeness (QED) is 0.857. The third-order valence-corrected chi connectivity index (χ3v) is 3.22. The molecule has 1 unspecified atom stereocenters. The van der Waals surface area contributed by atoms with Crippen molar-refractivity contribution < 1.29 is 14.6 Å². The second kappa shape index (κ2) is 7.77. The van der Waals surface area contributed by atoms with Crippen LogP contribution in [0.2, 0.25) is 5.02 Å². The van der Waals surface area contributed by atoms with Crippen LogP contribution in [0.4, 0.5) is 0 Å². The van der Waals surface area contributed by atoms with Crippen LogP contribution in [-0.4, -0.2) is 22.1 Å². The average molecular weight is 321 g/mol. The van der Waals surface area contributed by atoms with E-state index in [9.17, 15) is 4.79 Å². The van der Waals surface area contributed by atoms with E-state index >= 15 is 0 Å². The van der Waals surface area contributed by atoms with Gasteiger partial charge in [-0.05, 0) is 36.8 Å². The fourth-order valence-corrected chi connectivity index (χ4v) is 1.92. The Morgan fingerprint density at radius 2 is 2.23 bits per heavy atom. The summed E-state index contributed by atoms with van der Waals surface area (Å²) in [6, 6.07) is 10.5. The van der Waals surface area contributed by atoms with E-state index in [4.69, 9.17) is 21.4 Å². The van der Waals surface area contributed by atoms with Gasteiger partial charge in [-0.1, -0.05) is 23.7 Å². The van der Waals surface area contributed by atoms with Crippen molar-refractivity contribution in [3.63, 3.8) is 0 Å². The number of hydrogen-bond acceptors (Lipinski definition) is 4. The standard InChI is InChI=1S/C16H17ClN2O3/c1-11(22-15-4-2-3-12(7-15)10-20)16(21)19-9-14-6-5-13(17)8-18-14/h2-8,11,20H,9-10H2,1H3,(H,19,21). The monoisotopic (exact) mass is 320 g/mol. The minimum Gasteiger partial charge on any atom is -0.481 e. The zero-order chi connectivity index (χ0) is 15.9. The van der Waals surface area contributed by atoms with Gasteiger partial charge in [-0.25, -0.2) is 0 Å². The number of hydrogen-bond donors (Lipinski definition) is 2. The number of rotatable bonds is 6. The van der Waals surface area contributed by atoms with Crippen LogP contribution in [0.25, 0.3) is 0 Å². The van der Waals surface area contributed by atoms with Crippen LogP contribution >= 0.6 is 11.6 Å². The lowest BCUT2D eigenvalue weighted by Gasteiger charge is -2.15. The molecule has 1 atom stereocenters. The Hall–Kier alpha value is -2.11. The molecule has 0 saturated heterocycles. The zero-order valence-electron chi connectivity index (χ0n) is 12.1. The number of ether oxygens (including phenoxy) is 1. The Labute approximate surface area is 133 Å². The lowest BCUT2D eigenvalue weighted by Crippen LogP contribution is -2.36. The zero-order valence-corrected chi connectivity index (χ0v) is 12.9. The van der Waals surface area contributed by atoms with E-state index in [0.717, 1.165) is 5.56 Å². The number of carbonyl (C=O) groups excluding carboxylic acids is 1. The number of halogens is 1. The summed E-state index contributed by atoms with van der Waals surface area (Å²) < 4.78 is 5.56. The van der Waals surface area contributed by atoms with Crippen molar-refractivity contribution in [2.75, 3.05) is 0 Å². The maximum atomic E-state index is 12.0. The second-order valence-electron chi connectivity index (χ2n) is 4.75. The molecule has 1 aromatic heterocycles. The maximum Gasteiger partial charge on any atom is 0.261 e. The highest BCUT2D eigenvalue weighted by molar-refractivity contribution is 6.30. The molecule has 0 spiro atoms. The van der Waals surface area contributed by atoms with Crippen molar-refractivity contribution in [1.29, 1.82) is 0 Å². The van der Waals surface area contributed by atoms with E-state index in [0.29, 0.717) is 23.0 Å². The lowest BCUT2D eigenvalue weighted by molar-refractivity contribution is -0.127. The van der Waals surface area contributed by atoms with Crippen molar-refractivity contribution in [3.8, 4) is 5.75 Å². The molecule has 1 heterocycles.